The summed E-state index contributed by atoms with van der Waals surface area (Å²) in [4.78, 5) is 53.8. The van der Waals surface area contributed by atoms with Crippen molar-refractivity contribution in [2.75, 3.05) is 32.7 Å². The van der Waals surface area contributed by atoms with E-state index in [1.54, 1.807) is 32.0 Å². The molecule has 0 amide bonds. The van der Waals surface area contributed by atoms with E-state index in [-0.39, 0.29) is 25.2 Å². The Balaban J connectivity index is 1.94. The van der Waals surface area contributed by atoms with Gasteiger partial charge in [-0.25, -0.2) is 27.6 Å². The molecule has 0 saturated heterocycles. The fraction of sp³-hybridized carbons (Fsp3) is 0.333. The maximum absolute atomic E-state index is 14.7. The molecule has 0 aliphatic carbocycles. The van der Waals surface area contributed by atoms with Gasteiger partial charge in [-0.15, -0.1) is 0 Å². The number of sulfonamides is 1. The first-order chi connectivity index (χ1) is 22.5. The average molecular weight is 732 g/mol. The van der Waals surface area contributed by atoms with Gasteiger partial charge >= 0.3 is 23.9 Å². The molecule has 2 aromatic rings. The maximum Gasteiger partial charge on any atom is 0.345 e. The fourth-order valence-electron chi connectivity index (χ4n) is 5.79. The monoisotopic (exact) mass is 731 g/mol. The Morgan fingerprint density at radius 3 is 1.69 bits per heavy atom. The second kappa shape index (κ2) is 12.7. The van der Waals surface area contributed by atoms with Crippen LogP contribution in [0.15, 0.2) is 66.5 Å². The van der Waals surface area contributed by atoms with E-state index in [1.165, 1.54) is 16.4 Å². The van der Waals surface area contributed by atoms with Crippen molar-refractivity contribution >= 4 is 80.4 Å². The highest BCUT2D eigenvalue weighted by Crippen LogP contribution is 2.71. The smallest absolute Gasteiger partial charge is 0.345 e. The lowest BCUT2D eigenvalue weighted by atomic mass is 9.84. The lowest BCUT2D eigenvalue weighted by Crippen LogP contribution is -2.53. The first-order valence-corrected chi connectivity index (χ1v) is 18.3. The third kappa shape index (κ3) is 5.35. The highest BCUT2D eigenvalue weighted by molar-refractivity contribution is 8.26. The van der Waals surface area contributed by atoms with Crippen LogP contribution in [-0.2, 0) is 48.1 Å². The molecule has 0 fully saturated rings. The number of aryl methyl sites for hydroxylation is 3. The number of hydrogen-bond acceptors (Lipinski definition) is 13. The molecule has 0 N–H and O–H groups in total. The van der Waals surface area contributed by atoms with E-state index in [2.05, 4.69) is 0 Å². The van der Waals surface area contributed by atoms with Crippen molar-refractivity contribution in [1.82, 2.24) is 0 Å². The van der Waals surface area contributed by atoms with Crippen molar-refractivity contribution in [2.45, 2.75) is 49.1 Å². The van der Waals surface area contributed by atoms with Gasteiger partial charge in [-0.2, -0.15) is 0 Å². The van der Waals surface area contributed by atoms with Gasteiger partial charge in [0.25, 0.3) is 10.0 Å². The summed E-state index contributed by atoms with van der Waals surface area (Å²) < 4.78 is 49.4. The van der Waals surface area contributed by atoms with Crippen molar-refractivity contribution in [1.29, 1.82) is 0 Å². The number of benzene rings is 2. The van der Waals surface area contributed by atoms with E-state index in [0.717, 1.165) is 80.4 Å². The number of carbonyl (C=O) groups excluding carboxylic acids is 4. The minimum Gasteiger partial charge on any atom is -0.466 e. The SMILES string of the molecule is COC(=O)C1=C(C(=O)OC)SC2(S1)C(C(=O)OC)=C(C(=O)OC)SC1=C2c2cc(C)c(C)cc2N(S(=O)(=O)c2ccc(C)cc2)C1(C)C. The molecule has 0 atom stereocenters. The molecule has 254 valence electrons. The topological polar surface area (TPSA) is 143 Å². The highest BCUT2D eigenvalue weighted by atomic mass is 32.2. The summed E-state index contributed by atoms with van der Waals surface area (Å²) in [5.74, 6) is -3.54. The van der Waals surface area contributed by atoms with Gasteiger partial charge in [0.15, 0.2) is 0 Å². The van der Waals surface area contributed by atoms with E-state index in [1.807, 2.05) is 26.8 Å². The number of ether oxygens (including phenoxy) is 4. The summed E-state index contributed by atoms with van der Waals surface area (Å²) in [5, 5.41) is 0. The predicted molar refractivity (Wildman–Crippen MR) is 185 cm³/mol. The Morgan fingerprint density at radius 1 is 0.708 bits per heavy atom. The van der Waals surface area contributed by atoms with Crippen molar-refractivity contribution in [2.24, 2.45) is 0 Å². The molecule has 3 aliphatic rings. The minimum atomic E-state index is -4.26. The minimum absolute atomic E-state index is 0.0520. The molecule has 0 aromatic heterocycles. The molecule has 0 unspecified atom stereocenters. The molecule has 15 heteroatoms. The molecule has 0 bridgehead atoms. The second-order valence-corrected chi connectivity index (χ2v) is 17.1. The van der Waals surface area contributed by atoms with Crippen LogP contribution in [-0.4, -0.2) is 70.4 Å². The summed E-state index contributed by atoms with van der Waals surface area (Å²) in [6.07, 6.45) is 0. The zero-order valence-corrected chi connectivity index (χ0v) is 30.9. The molecule has 3 heterocycles. The van der Waals surface area contributed by atoms with Gasteiger partial charge in [-0.3, -0.25) is 4.31 Å². The van der Waals surface area contributed by atoms with Crippen LogP contribution in [0.4, 0.5) is 5.69 Å². The van der Waals surface area contributed by atoms with E-state index in [0.29, 0.717) is 21.7 Å². The van der Waals surface area contributed by atoms with Gasteiger partial charge in [0.2, 0.25) is 0 Å². The van der Waals surface area contributed by atoms with Crippen LogP contribution in [0.1, 0.15) is 36.1 Å². The number of carbonyl (C=O) groups is 4. The average Bonchev–Trinajstić information content (AvgIpc) is 3.44. The van der Waals surface area contributed by atoms with Crippen LogP contribution >= 0.6 is 35.3 Å². The maximum atomic E-state index is 14.7. The Bertz CT molecular complexity index is 1960. The van der Waals surface area contributed by atoms with Gasteiger partial charge in [0.05, 0.1) is 50.1 Å². The lowest BCUT2D eigenvalue weighted by Gasteiger charge is -2.51. The number of nitrogens with zero attached hydrogens (tertiary/aromatic N) is 1. The van der Waals surface area contributed by atoms with Crippen molar-refractivity contribution in [3.63, 3.8) is 0 Å². The highest BCUT2D eigenvalue weighted by Gasteiger charge is 2.62. The van der Waals surface area contributed by atoms with Gasteiger partial charge in [0, 0.05) is 16.0 Å². The zero-order chi connectivity index (χ0) is 35.5. The quantitative estimate of drug-likeness (QED) is 0.277. The number of esters is 4. The third-order valence-electron chi connectivity index (χ3n) is 8.24. The van der Waals surface area contributed by atoms with Gasteiger partial charge in [-0.05, 0) is 70.0 Å². The van der Waals surface area contributed by atoms with Crippen LogP contribution in [0, 0.1) is 20.8 Å². The largest absolute Gasteiger partial charge is 0.466 e. The van der Waals surface area contributed by atoms with Gasteiger partial charge < -0.3 is 18.9 Å². The van der Waals surface area contributed by atoms with Crippen LogP contribution < -0.4 is 4.31 Å². The number of thioether (sulfide) groups is 3. The van der Waals surface area contributed by atoms with Crippen molar-refractivity contribution in [3.05, 3.63) is 83.8 Å². The molecule has 3 aliphatic heterocycles. The molecule has 48 heavy (non-hydrogen) atoms. The standard InChI is InChI=1S/C33H33NO10S4/c1-16-10-12-19(13-11-16)48(39,40)34-21-15-18(3)17(2)14-20(21)22-27(32(34,4)5)45-24(29(36)42-7)23(28(35)41-6)33(22)46-25(30(37)43-8)26(47-33)31(38)44-9/h10-15H,1-9H3. The van der Waals surface area contributed by atoms with E-state index in [4.69, 9.17) is 18.9 Å². The number of rotatable bonds is 6. The van der Waals surface area contributed by atoms with Crippen LogP contribution in [0.5, 0.6) is 0 Å². The zero-order valence-electron chi connectivity index (χ0n) is 27.6. The molecule has 11 nitrogen and oxygen atoms in total. The van der Waals surface area contributed by atoms with Crippen molar-refractivity contribution < 1.29 is 46.5 Å². The summed E-state index contributed by atoms with van der Waals surface area (Å²) in [7, 11) is 0.338. The third-order valence-corrected chi connectivity index (χ3v) is 14.9. The van der Waals surface area contributed by atoms with Crippen LogP contribution in [0.2, 0.25) is 0 Å². The number of fused-ring (bicyclic) bond motifs is 3. The number of hydrogen-bond donors (Lipinski definition) is 0. The second-order valence-electron chi connectivity index (χ2n) is 11.6. The first kappa shape index (κ1) is 35.6. The Morgan fingerprint density at radius 2 is 1.19 bits per heavy atom. The molecule has 1 spiro atoms. The Kier molecular flexibility index (Phi) is 9.40. The Labute approximate surface area is 291 Å². The normalized spacial score (nSPS) is 18.0. The summed E-state index contributed by atoms with van der Waals surface area (Å²) in [6.45, 7) is 8.97. The van der Waals surface area contributed by atoms with E-state index >= 15 is 0 Å². The fourth-order valence-corrected chi connectivity index (χ4v) is 12.7. The summed E-state index contributed by atoms with van der Waals surface area (Å²) in [6, 6.07) is 10.1. The predicted octanol–water partition coefficient (Wildman–Crippen LogP) is 5.39. The lowest BCUT2D eigenvalue weighted by molar-refractivity contribution is -0.138. The summed E-state index contributed by atoms with van der Waals surface area (Å²) in [5.41, 5.74) is 2.01. The molecule has 0 saturated carbocycles. The first-order valence-electron chi connectivity index (χ1n) is 14.4. The van der Waals surface area contributed by atoms with E-state index in [9.17, 15) is 27.6 Å². The molecular formula is C33H33NO10S4. The van der Waals surface area contributed by atoms with Crippen molar-refractivity contribution in [3.8, 4) is 0 Å². The van der Waals surface area contributed by atoms with E-state index < -0.39 is 43.5 Å². The summed E-state index contributed by atoms with van der Waals surface area (Å²) >= 11 is 2.55. The molecule has 0 radical (unpaired) electrons. The number of anilines is 1. The van der Waals surface area contributed by atoms with Gasteiger partial charge in [0.1, 0.15) is 18.8 Å². The van der Waals surface area contributed by atoms with Crippen LogP contribution in [0.3, 0.4) is 0 Å². The Hall–Kier alpha value is -3.66. The molecular weight excluding hydrogens is 699 g/mol. The van der Waals surface area contributed by atoms with Gasteiger partial charge in [-0.1, -0.05) is 53.0 Å². The molecule has 5 rings (SSSR count). The van der Waals surface area contributed by atoms with Crippen LogP contribution in [0.25, 0.3) is 5.57 Å². The molecule has 2 aromatic carbocycles. The number of methoxy groups -OCH3 is 4.